The molecule has 1 aliphatic heterocycles. The molecule has 0 unspecified atom stereocenters. The predicted octanol–water partition coefficient (Wildman–Crippen LogP) is 3.56. The van der Waals surface area contributed by atoms with Crippen molar-refractivity contribution in [2.45, 2.75) is 44.9 Å². The maximum absolute atomic E-state index is 12.5. The molecule has 0 bridgehead atoms. The fourth-order valence-electron chi connectivity index (χ4n) is 4.09. The number of likely N-dealkylation sites (tertiary alicyclic amines) is 1. The molecule has 0 aromatic heterocycles. The molecule has 1 heterocycles. The summed E-state index contributed by atoms with van der Waals surface area (Å²) in [5.41, 5.74) is 1.86. The van der Waals surface area contributed by atoms with Gasteiger partial charge in [0.1, 0.15) is 0 Å². The molecule has 1 saturated heterocycles. The number of piperidine rings is 1. The summed E-state index contributed by atoms with van der Waals surface area (Å²) in [5.74, 6) is 1.58. The molecule has 29 heavy (non-hydrogen) atoms. The molecule has 2 fully saturated rings. The number of benzene rings is 1. The Morgan fingerprint density at radius 3 is 2.41 bits per heavy atom. The first kappa shape index (κ1) is 21.2. The molecule has 158 valence electrons. The standard InChI is InChI=1S/C23H32N2O4/c1-28-20-9-8-19(15-21(20)29-2)23(27)24-16-18-10-12-25(13-11-18)22(26)14-17-6-4-3-5-7-17/h8-9,14-15,18H,3-7,10-13,16H2,1-2H3,(H,24,27). The van der Waals surface area contributed by atoms with Crippen molar-refractivity contribution in [2.24, 2.45) is 5.92 Å². The van der Waals surface area contributed by atoms with Crippen molar-refractivity contribution in [1.29, 1.82) is 0 Å². The van der Waals surface area contributed by atoms with Gasteiger partial charge in [0.2, 0.25) is 5.91 Å². The number of carbonyl (C=O) groups excluding carboxylic acids is 2. The summed E-state index contributed by atoms with van der Waals surface area (Å²) in [7, 11) is 3.12. The number of allylic oxidation sites excluding steroid dienone is 1. The van der Waals surface area contributed by atoms with Crippen LogP contribution >= 0.6 is 0 Å². The van der Waals surface area contributed by atoms with E-state index in [-0.39, 0.29) is 11.8 Å². The van der Waals surface area contributed by atoms with Crippen LogP contribution in [0.25, 0.3) is 0 Å². The highest BCUT2D eigenvalue weighted by Gasteiger charge is 2.23. The molecule has 3 rings (SSSR count). The minimum Gasteiger partial charge on any atom is -0.493 e. The van der Waals surface area contributed by atoms with Gasteiger partial charge >= 0.3 is 0 Å². The molecule has 0 spiro atoms. The van der Waals surface area contributed by atoms with Gasteiger partial charge in [-0.1, -0.05) is 12.0 Å². The first-order valence-electron chi connectivity index (χ1n) is 10.6. The zero-order chi connectivity index (χ0) is 20.6. The third-order valence-corrected chi connectivity index (χ3v) is 5.95. The molecule has 1 aliphatic carbocycles. The van der Waals surface area contributed by atoms with Gasteiger partial charge < -0.3 is 19.7 Å². The van der Waals surface area contributed by atoms with Crippen LogP contribution in [0.15, 0.2) is 29.8 Å². The Balaban J connectivity index is 1.45. The molecule has 2 amide bonds. The highest BCUT2D eigenvalue weighted by atomic mass is 16.5. The van der Waals surface area contributed by atoms with Crippen LogP contribution < -0.4 is 14.8 Å². The maximum atomic E-state index is 12.5. The van der Waals surface area contributed by atoms with E-state index in [0.29, 0.717) is 29.5 Å². The van der Waals surface area contributed by atoms with Crippen molar-refractivity contribution >= 4 is 11.8 Å². The minimum atomic E-state index is -0.119. The fraction of sp³-hybridized carbons (Fsp3) is 0.565. The number of amides is 2. The molecule has 1 aromatic carbocycles. The van der Waals surface area contributed by atoms with E-state index in [0.717, 1.165) is 38.8 Å². The Labute approximate surface area is 173 Å². The lowest BCUT2D eigenvalue weighted by Gasteiger charge is -2.31. The summed E-state index contributed by atoms with van der Waals surface area (Å²) in [4.78, 5) is 26.9. The topological polar surface area (TPSA) is 67.9 Å². The van der Waals surface area contributed by atoms with Gasteiger partial charge in [0.25, 0.3) is 5.91 Å². The van der Waals surface area contributed by atoms with Gasteiger partial charge in [0, 0.05) is 31.3 Å². The zero-order valence-corrected chi connectivity index (χ0v) is 17.5. The van der Waals surface area contributed by atoms with Gasteiger partial charge in [0.05, 0.1) is 14.2 Å². The lowest BCUT2D eigenvalue weighted by atomic mass is 9.93. The molecule has 1 N–H and O–H groups in total. The van der Waals surface area contributed by atoms with Gasteiger partial charge in [-0.25, -0.2) is 0 Å². The number of nitrogens with one attached hydrogen (secondary N) is 1. The highest BCUT2D eigenvalue weighted by Crippen LogP contribution is 2.27. The smallest absolute Gasteiger partial charge is 0.251 e. The summed E-state index contributed by atoms with van der Waals surface area (Å²) in [5, 5.41) is 3.02. The second kappa shape index (κ2) is 10.3. The van der Waals surface area contributed by atoms with E-state index >= 15 is 0 Å². The maximum Gasteiger partial charge on any atom is 0.251 e. The SMILES string of the molecule is COc1ccc(C(=O)NCC2CCN(C(=O)C=C3CCCCC3)CC2)cc1OC. The summed E-state index contributed by atoms with van der Waals surface area (Å²) in [6.45, 7) is 2.15. The average Bonchev–Trinajstić information content (AvgIpc) is 2.78. The number of hydrogen-bond acceptors (Lipinski definition) is 4. The summed E-state index contributed by atoms with van der Waals surface area (Å²) in [6.07, 6.45) is 9.56. The fourth-order valence-corrected chi connectivity index (χ4v) is 4.09. The van der Waals surface area contributed by atoms with Crippen LogP contribution in [0, 0.1) is 5.92 Å². The van der Waals surface area contributed by atoms with Crippen LogP contribution in [0.2, 0.25) is 0 Å². The van der Waals surface area contributed by atoms with Crippen LogP contribution in [0.5, 0.6) is 11.5 Å². The average molecular weight is 401 g/mol. The van der Waals surface area contributed by atoms with E-state index in [4.69, 9.17) is 9.47 Å². The van der Waals surface area contributed by atoms with E-state index in [9.17, 15) is 9.59 Å². The van der Waals surface area contributed by atoms with Gasteiger partial charge in [-0.15, -0.1) is 0 Å². The summed E-state index contributed by atoms with van der Waals surface area (Å²) in [6, 6.07) is 5.16. The molecular weight excluding hydrogens is 368 g/mol. The van der Waals surface area contributed by atoms with Crippen LogP contribution in [0.4, 0.5) is 0 Å². The van der Waals surface area contributed by atoms with Crippen molar-refractivity contribution < 1.29 is 19.1 Å². The van der Waals surface area contributed by atoms with Gasteiger partial charge in [-0.05, 0) is 62.6 Å². The second-order valence-corrected chi connectivity index (χ2v) is 7.91. The number of ether oxygens (including phenoxy) is 2. The monoisotopic (exact) mass is 400 g/mol. The first-order valence-corrected chi connectivity index (χ1v) is 10.6. The Hall–Kier alpha value is -2.50. The van der Waals surface area contributed by atoms with Crippen LogP contribution in [-0.2, 0) is 4.79 Å². The number of carbonyl (C=O) groups is 2. The van der Waals surface area contributed by atoms with E-state index in [1.165, 1.54) is 24.8 Å². The van der Waals surface area contributed by atoms with Gasteiger partial charge in [0.15, 0.2) is 11.5 Å². The number of rotatable bonds is 6. The Morgan fingerprint density at radius 1 is 1.07 bits per heavy atom. The molecule has 6 nitrogen and oxygen atoms in total. The normalized spacial score (nSPS) is 17.6. The van der Waals surface area contributed by atoms with Crippen molar-refractivity contribution in [3.05, 3.63) is 35.4 Å². The highest BCUT2D eigenvalue weighted by molar-refractivity contribution is 5.94. The van der Waals surface area contributed by atoms with Crippen molar-refractivity contribution in [3.63, 3.8) is 0 Å². The van der Waals surface area contributed by atoms with Crippen LogP contribution in [-0.4, -0.2) is 50.6 Å². The van der Waals surface area contributed by atoms with E-state index in [2.05, 4.69) is 5.32 Å². The van der Waals surface area contributed by atoms with Gasteiger partial charge in [-0.3, -0.25) is 9.59 Å². The van der Waals surface area contributed by atoms with Crippen LogP contribution in [0.1, 0.15) is 55.3 Å². The molecule has 0 atom stereocenters. The molecule has 1 saturated carbocycles. The van der Waals surface area contributed by atoms with E-state index < -0.39 is 0 Å². The molecule has 0 radical (unpaired) electrons. The van der Waals surface area contributed by atoms with Crippen LogP contribution in [0.3, 0.4) is 0 Å². The number of nitrogens with zero attached hydrogens (tertiary/aromatic N) is 1. The number of methoxy groups -OCH3 is 2. The zero-order valence-electron chi connectivity index (χ0n) is 17.5. The van der Waals surface area contributed by atoms with E-state index in [1.807, 2.05) is 11.0 Å². The van der Waals surface area contributed by atoms with Crippen molar-refractivity contribution in [3.8, 4) is 11.5 Å². The predicted molar refractivity (Wildman–Crippen MR) is 112 cm³/mol. The quantitative estimate of drug-likeness (QED) is 0.742. The molecule has 1 aromatic rings. The Morgan fingerprint density at radius 2 is 1.76 bits per heavy atom. The summed E-state index contributed by atoms with van der Waals surface area (Å²) >= 11 is 0. The third-order valence-electron chi connectivity index (χ3n) is 5.95. The van der Waals surface area contributed by atoms with Crippen molar-refractivity contribution in [1.82, 2.24) is 10.2 Å². The summed E-state index contributed by atoms with van der Waals surface area (Å²) < 4.78 is 10.5. The minimum absolute atomic E-state index is 0.119. The lowest BCUT2D eigenvalue weighted by Crippen LogP contribution is -2.41. The molecular formula is C23H32N2O4. The van der Waals surface area contributed by atoms with Gasteiger partial charge in [-0.2, -0.15) is 0 Å². The molecule has 6 heteroatoms. The van der Waals surface area contributed by atoms with Crippen molar-refractivity contribution in [2.75, 3.05) is 33.9 Å². The first-order chi connectivity index (χ1) is 14.1. The largest absolute Gasteiger partial charge is 0.493 e. The Bertz CT molecular complexity index is 743. The van der Waals surface area contributed by atoms with E-state index in [1.54, 1.807) is 32.4 Å². The lowest BCUT2D eigenvalue weighted by molar-refractivity contribution is -0.127. The number of hydrogen-bond donors (Lipinski definition) is 1. The second-order valence-electron chi connectivity index (χ2n) is 7.91. The third kappa shape index (κ3) is 5.75. The molecule has 2 aliphatic rings. The Kier molecular flexibility index (Phi) is 7.55.